The zero-order chi connectivity index (χ0) is 16.7. The van der Waals surface area contributed by atoms with Crippen molar-refractivity contribution in [1.29, 1.82) is 0 Å². The number of carbonyl (C=O) groups excluding carboxylic acids is 1. The lowest BCUT2D eigenvalue weighted by Gasteiger charge is -2.00. The fraction of sp³-hybridized carbons (Fsp3) is 0.0667. The van der Waals surface area contributed by atoms with Gasteiger partial charge in [0.1, 0.15) is 0 Å². The molecule has 2 aromatic carbocycles. The quantitative estimate of drug-likeness (QED) is 0.410. The summed E-state index contributed by atoms with van der Waals surface area (Å²) >= 11 is 1.23. The van der Waals surface area contributed by atoms with Crippen molar-refractivity contribution >= 4 is 40.1 Å². The van der Waals surface area contributed by atoms with Gasteiger partial charge in [0.05, 0.1) is 21.6 Å². The van der Waals surface area contributed by atoms with Crippen molar-refractivity contribution in [3.05, 3.63) is 58.6 Å². The fourth-order valence-electron chi connectivity index (χ4n) is 2.39. The van der Waals surface area contributed by atoms with Gasteiger partial charge in [-0.3, -0.25) is 19.5 Å². The Bertz CT molecular complexity index is 996. The van der Waals surface area contributed by atoms with Gasteiger partial charge in [-0.25, -0.2) is 4.98 Å². The van der Waals surface area contributed by atoms with Crippen molar-refractivity contribution < 1.29 is 9.72 Å². The van der Waals surface area contributed by atoms with Crippen LogP contribution < -0.4 is 0 Å². The third-order valence-electron chi connectivity index (χ3n) is 3.52. The van der Waals surface area contributed by atoms with Crippen molar-refractivity contribution in [2.75, 3.05) is 0 Å². The van der Waals surface area contributed by atoms with E-state index in [1.807, 2.05) is 24.3 Å². The van der Waals surface area contributed by atoms with Gasteiger partial charge >= 0.3 is 0 Å². The molecule has 0 bridgehead atoms. The molecule has 8 nitrogen and oxygen atoms in total. The molecule has 3 aromatic rings. The first-order valence-electron chi connectivity index (χ1n) is 6.97. The Morgan fingerprint density at radius 2 is 1.92 bits per heavy atom. The molecule has 0 amide bonds. The van der Waals surface area contributed by atoms with Crippen LogP contribution in [0.5, 0.6) is 0 Å². The van der Waals surface area contributed by atoms with E-state index in [1.165, 1.54) is 36.0 Å². The molecular formula is C15H9N5O3S. The summed E-state index contributed by atoms with van der Waals surface area (Å²) in [5.41, 5.74) is 1.94. The van der Waals surface area contributed by atoms with E-state index in [2.05, 4.69) is 15.2 Å². The van der Waals surface area contributed by atoms with Gasteiger partial charge < -0.3 is 0 Å². The average molecular weight is 339 g/mol. The van der Waals surface area contributed by atoms with Crippen LogP contribution in [0, 0.1) is 10.1 Å². The van der Waals surface area contributed by atoms with E-state index in [9.17, 15) is 14.9 Å². The lowest BCUT2D eigenvalue weighted by molar-refractivity contribution is -0.384. The van der Waals surface area contributed by atoms with Gasteiger partial charge in [0.15, 0.2) is 5.16 Å². The highest BCUT2D eigenvalue weighted by Gasteiger charge is 2.34. The van der Waals surface area contributed by atoms with Crippen LogP contribution >= 0.6 is 11.8 Å². The molecule has 24 heavy (non-hydrogen) atoms. The van der Waals surface area contributed by atoms with Crippen molar-refractivity contribution in [1.82, 2.24) is 9.55 Å². The number of hydrogen-bond acceptors (Lipinski definition) is 7. The number of carbonyl (C=O) groups is 1. The molecule has 0 spiro atoms. The number of imidazole rings is 1. The van der Waals surface area contributed by atoms with E-state index in [-0.39, 0.29) is 11.6 Å². The molecule has 0 unspecified atom stereocenters. The van der Waals surface area contributed by atoms with Crippen LogP contribution in [0.4, 0.5) is 11.4 Å². The van der Waals surface area contributed by atoms with Gasteiger partial charge in [-0.15, -0.1) is 0 Å². The minimum Gasteiger partial charge on any atom is -0.270 e. The number of thioether (sulfide) groups is 1. The van der Waals surface area contributed by atoms with Crippen LogP contribution in [0.3, 0.4) is 0 Å². The molecule has 1 aromatic heterocycles. The summed E-state index contributed by atoms with van der Waals surface area (Å²) in [6, 6.07) is 13.1. The standard InChI is InChI=1S/C15H9N5O3S/c21-14-13(18-17-9-5-7-10(8-6-9)20(22)23)24-15-16-11-3-1-2-4-12(11)19(14)15/h1-8,13H/t13-/m1/s1. The second kappa shape index (κ2) is 5.53. The molecule has 2 heterocycles. The zero-order valence-electron chi connectivity index (χ0n) is 12.1. The number of fused-ring (bicyclic) bond motifs is 3. The fourth-order valence-corrected chi connectivity index (χ4v) is 3.33. The van der Waals surface area contributed by atoms with Crippen molar-refractivity contribution in [3.8, 4) is 0 Å². The van der Waals surface area contributed by atoms with E-state index < -0.39 is 10.3 Å². The third-order valence-corrected chi connectivity index (χ3v) is 4.52. The molecule has 0 aliphatic carbocycles. The molecule has 0 saturated carbocycles. The third kappa shape index (κ3) is 2.35. The van der Waals surface area contributed by atoms with Crippen molar-refractivity contribution in [2.24, 2.45) is 10.2 Å². The van der Waals surface area contributed by atoms with E-state index in [4.69, 9.17) is 0 Å². The number of nitrogens with zero attached hydrogens (tertiary/aromatic N) is 5. The molecule has 4 rings (SSSR count). The number of nitro groups is 1. The molecule has 0 N–H and O–H groups in total. The topological polar surface area (TPSA) is 103 Å². The van der Waals surface area contributed by atoms with Crippen LogP contribution in [0.25, 0.3) is 11.0 Å². The second-order valence-corrected chi connectivity index (χ2v) is 6.06. The number of non-ortho nitro benzene ring substituents is 1. The highest BCUT2D eigenvalue weighted by molar-refractivity contribution is 8.00. The minimum absolute atomic E-state index is 0.0214. The Hall–Kier alpha value is -3.07. The number of hydrogen-bond donors (Lipinski definition) is 0. The highest BCUT2D eigenvalue weighted by Crippen LogP contribution is 2.36. The first kappa shape index (κ1) is 14.5. The van der Waals surface area contributed by atoms with E-state index in [0.717, 1.165) is 11.0 Å². The zero-order valence-corrected chi connectivity index (χ0v) is 12.9. The maximum absolute atomic E-state index is 12.5. The summed E-state index contributed by atoms with van der Waals surface area (Å²) in [6.45, 7) is 0. The monoisotopic (exact) mass is 339 g/mol. The van der Waals surface area contributed by atoms with Crippen LogP contribution in [0.1, 0.15) is 4.79 Å². The number of rotatable bonds is 3. The molecular weight excluding hydrogens is 330 g/mol. The highest BCUT2D eigenvalue weighted by atomic mass is 32.2. The Morgan fingerprint density at radius 3 is 2.67 bits per heavy atom. The lowest BCUT2D eigenvalue weighted by Crippen LogP contribution is -2.14. The Kier molecular flexibility index (Phi) is 3.35. The first-order valence-corrected chi connectivity index (χ1v) is 7.85. The summed E-state index contributed by atoms with van der Waals surface area (Å²) in [6.07, 6.45) is 0. The molecule has 9 heteroatoms. The first-order chi connectivity index (χ1) is 11.6. The summed E-state index contributed by atoms with van der Waals surface area (Å²) in [5.74, 6) is -0.200. The van der Waals surface area contributed by atoms with Crippen LogP contribution in [0.15, 0.2) is 63.9 Å². The second-order valence-electron chi connectivity index (χ2n) is 5.02. The molecule has 118 valence electrons. The average Bonchev–Trinajstić information content (AvgIpc) is 3.10. The number of benzene rings is 2. The Labute approximate surface area is 139 Å². The maximum Gasteiger partial charge on any atom is 0.270 e. The minimum atomic E-state index is -0.702. The van der Waals surface area contributed by atoms with Gasteiger partial charge in [0.25, 0.3) is 11.6 Å². The normalized spacial score (nSPS) is 16.8. The number of azo groups is 1. The molecule has 1 atom stereocenters. The van der Waals surface area contributed by atoms with Gasteiger partial charge in [-0.05, 0) is 36.0 Å². The Balaban J connectivity index is 1.58. The maximum atomic E-state index is 12.5. The van der Waals surface area contributed by atoms with Gasteiger partial charge in [-0.1, -0.05) is 12.1 Å². The lowest BCUT2D eigenvalue weighted by atomic mass is 10.3. The predicted octanol–water partition coefficient (Wildman–Crippen LogP) is 3.80. The van der Waals surface area contributed by atoms with E-state index in [0.29, 0.717) is 10.8 Å². The van der Waals surface area contributed by atoms with Crippen molar-refractivity contribution in [2.45, 2.75) is 10.5 Å². The molecule has 0 radical (unpaired) electrons. The number of aromatic nitrogens is 2. The van der Waals surface area contributed by atoms with Gasteiger partial charge in [0.2, 0.25) is 5.37 Å². The summed E-state index contributed by atoms with van der Waals surface area (Å²) in [5, 5.41) is 18.6. The van der Waals surface area contributed by atoms with E-state index in [1.54, 1.807) is 4.57 Å². The van der Waals surface area contributed by atoms with Crippen molar-refractivity contribution in [3.63, 3.8) is 0 Å². The molecule has 1 aliphatic rings. The summed E-state index contributed by atoms with van der Waals surface area (Å²) < 4.78 is 1.54. The molecule has 0 fully saturated rings. The number of para-hydroxylation sites is 2. The van der Waals surface area contributed by atoms with Gasteiger partial charge in [-0.2, -0.15) is 10.2 Å². The Morgan fingerprint density at radius 1 is 1.17 bits per heavy atom. The number of nitro benzene ring substituents is 1. The largest absolute Gasteiger partial charge is 0.270 e. The molecule has 1 aliphatic heterocycles. The smallest absolute Gasteiger partial charge is 0.270 e. The van der Waals surface area contributed by atoms with Gasteiger partial charge in [0, 0.05) is 12.1 Å². The van der Waals surface area contributed by atoms with Crippen LogP contribution in [-0.2, 0) is 0 Å². The van der Waals surface area contributed by atoms with Crippen LogP contribution in [0.2, 0.25) is 0 Å². The summed E-state index contributed by atoms with van der Waals surface area (Å²) in [4.78, 5) is 27.0. The van der Waals surface area contributed by atoms with E-state index >= 15 is 0 Å². The summed E-state index contributed by atoms with van der Waals surface area (Å²) in [7, 11) is 0. The SMILES string of the molecule is O=C1[C@H](N=Nc2ccc([N+](=O)[O-])cc2)Sc2nc3ccccc3n21. The molecule has 0 saturated heterocycles. The predicted molar refractivity (Wildman–Crippen MR) is 87.6 cm³/mol. The van der Waals surface area contributed by atoms with Crippen LogP contribution in [-0.4, -0.2) is 25.8 Å².